The lowest BCUT2D eigenvalue weighted by Crippen LogP contribution is -2.14. The lowest BCUT2D eigenvalue weighted by Gasteiger charge is -2.09. The Balaban J connectivity index is 2.53. The second-order valence-corrected chi connectivity index (χ2v) is 2.37. The zero-order valence-corrected chi connectivity index (χ0v) is 6.78. The van der Waals surface area contributed by atoms with Crippen LogP contribution in [-0.2, 0) is 9.63 Å². The molecule has 1 atom stereocenters. The predicted octanol–water partition coefficient (Wildman–Crippen LogP) is 1.34. The van der Waals surface area contributed by atoms with Crippen molar-refractivity contribution in [1.29, 1.82) is 0 Å². The van der Waals surface area contributed by atoms with Crippen LogP contribution in [0, 0.1) is 0 Å². The Kier molecular flexibility index (Phi) is 3.29. The summed E-state index contributed by atoms with van der Waals surface area (Å²) in [5, 5.41) is 0. The number of hydrogen-bond acceptors (Lipinski definition) is 2. The van der Waals surface area contributed by atoms with E-state index in [0.29, 0.717) is 0 Å². The highest BCUT2D eigenvalue weighted by Gasteiger charge is 2.03. The molecule has 0 fully saturated rings. The van der Waals surface area contributed by atoms with E-state index in [1.165, 1.54) is 6.41 Å². The van der Waals surface area contributed by atoms with Gasteiger partial charge in [0.2, 0.25) is 0 Å². The SMILES string of the molecule is CC(ON[C]=O)c1ccccc1. The molecule has 3 nitrogen and oxygen atoms in total. The lowest BCUT2D eigenvalue weighted by molar-refractivity contribution is 0.0193. The summed E-state index contributed by atoms with van der Waals surface area (Å²) in [6, 6.07) is 9.61. The van der Waals surface area contributed by atoms with E-state index >= 15 is 0 Å². The molecule has 0 bridgehead atoms. The summed E-state index contributed by atoms with van der Waals surface area (Å²) < 4.78 is 0. The molecule has 1 aromatic rings. The maximum absolute atomic E-state index is 9.78. The molecule has 1 unspecified atom stereocenters. The molecule has 0 heterocycles. The van der Waals surface area contributed by atoms with E-state index in [4.69, 9.17) is 4.84 Å². The number of hydroxylamine groups is 1. The van der Waals surface area contributed by atoms with E-state index in [-0.39, 0.29) is 6.10 Å². The first kappa shape index (κ1) is 8.74. The van der Waals surface area contributed by atoms with Crippen molar-refractivity contribution in [2.24, 2.45) is 0 Å². The fraction of sp³-hybridized carbons (Fsp3) is 0.222. The second kappa shape index (κ2) is 4.51. The molecule has 1 amide bonds. The zero-order valence-electron chi connectivity index (χ0n) is 6.78. The van der Waals surface area contributed by atoms with Crippen LogP contribution in [0.15, 0.2) is 30.3 Å². The Labute approximate surface area is 71.3 Å². The molecular weight excluding hydrogens is 154 g/mol. The van der Waals surface area contributed by atoms with Crippen molar-refractivity contribution in [3.63, 3.8) is 0 Å². The summed E-state index contributed by atoms with van der Waals surface area (Å²) in [7, 11) is 0. The van der Waals surface area contributed by atoms with E-state index < -0.39 is 0 Å². The van der Waals surface area contributed by atoms with Crippen LogP contribution in [-0.4, -0.2) is 6.41 Å². The largest absolute Gasteiger partial charge is 0.335 e. The Morgan fingerprint density at radius 3 is 2.67 bits per heavy atom. The van der Waals surface area contributed by atoms with Crippen molar-refractivity contribution < 1.29 is 9.63 Å². The van der Waals surface area contributed by atoms with Crippen molar-refractivity contribution in [1.82, 2.24) is 5.48 Å². The number of rotatable bonds is 4. The average molecular weight is 164 g/mol. The number of carbonyl (C=O) groups excluding carboxylic acids is 1. The smallest absolute Gasteiger partial charge is 0.265 e. The third-order valence-corrected chi connectivity index (χ3v) is 1.55. The van der Waals surface area contributed by atoms with E-state index in [2.05, 4.69) is 0 Å². The number of hydrogen-bond donors (Lipinski definition) is 1. The third-order valence-electron chi connectivity index (χ3n) is 1.55. The lowest BCUT2D eigenvalue weighted by atomic mass is 10.1. The van der Waals surface area contributed by atoms with Crippen LogP contribution in [0.1, 0.15) is 18.6 Å². The fourth-order valence-corrected chi connectivity index (χ4v) is 0.905. The minimum absolute atomic E-state index is 0.146. The fourth-order valence-electron chi connectivity index (χ4n) is 0.905. The van der Waals surface area contributed by atoms with Gasteiger partial charge in [-0.3, -0.25) is 9.63 Å². The van der Waals surface area contributed by atoms with Gasteiger partial charge in [0.15, 0.2) is 0 Å². The van der Waals surface area contributed by atoms with E-state index in [1.807, 2.05) is 42.7 Å². The van der Waals surface area contributed by atoms with Crippen molar-refractivity contribution in [2.45, 2.75) is 13.0 Å². The van der Waals surface area contributed by atoms with Crippen LogP contribution in [0.25, 0.3) is 0 Å². The summed E-state index contributed by atoms with van der Waals surface area (Å²) in [6.07, 6.45) is 1.30. The molecule has 0 saturated carbocycles. The molecule has 12 heavy (non-hydrogen) atoms. The molecule has 1 N–H and O–H groups in total. The van der Waals surface area contributed by atoms with Gasteiger partial charge in [-0.05, 0) is 12.5 Å². The molecule has 1 radical (unpaired) electrons. The van der Waals surface area contributed by atoms with Gasteiger partial charge in [-0.2, -0.15) is 0 Å². The topological polar surface area (TPSA) is 38.3 Å². The van der Waals surface area contributed by atoms with E-state index in [0.717, 1.165) is 5.56 Å². The van der Waals surface area contributed by atoms with Crippen LogP contribution in [0.5, 0.6) is 0 Å². The Morgan fingerprint density at radius 1 is 1.42 bits per heavy atom. The number of amides is 1. The highest BCUT2D eigenvalue weighted by atomic mass is 16.7. The summed E-state index contributed by atoms with van der Waals surface area (Å²) in [6.45, 7) is 1.85. The monoisotopic (exact) mass is 164 g/mol. The first-order valence-electron chi connectivity index (χ1n) is 3.67. The van der Waals surface area contributed by atoms with Gasteiger partial charge in [0.1, 0.15) is 6.10 Å². The molecule has 0 saturated heterocycles. The number of benzene rings is 1. The van der Waals surface area contributed by atoms with Crippen molar-refractivity contribution in [3.8, 4) is 0 Å². The molecule has 0 aliphatic rings. The van der Waals surface area contributed by atoms with Gasteiger partial charge in [-0.1, -0.05) is 30.3 Å². The van der Waals surface area contributed by atoms with Gasteiger partial charge in [0.25, 0.3) is 0 Å². The minimum Gasteiger partial charge on any atom is -0.265 e. The average Bonchev–Trinajstić information content (AvgIpc) is 2.15. The summed E-state index contributed by atoms with van der Waals surface area (Å²) in [5.74, 6) is 0. The van der Waals surface area contributed by atoms with Gasteiger partial charge in [-0.15, -0.1) is 0 Å². The third kappa shape index (κ3) is 2.36. The predicted molar refractivity (Wildman–Crippen MR) is 44.8 cm³/mol. The second-order valence-electron chi connectivity index (χ2n) is 2.37. The molecule has 63 valence electrons. The maximum Gasteiger partial charge on any atom is 0.335 e. The van der Waals surface area contributed by atoms with Gasteiger partial charge in [0, 0.05) is 0 Å². The minimum atomic E-state index is -0.146. The van der Waals surface area contributed by atoms with Gasteiger partial charge in [0.05, 0.1) is 0 Å². The maximum atomic E-state index is 9.78. The highest BCUT2D eigenvalue weighted by molar-refractivity contribution is 5.45. The van der Waals surface area contributed by atoms with Gasteiger partial charge >= 0.3 is 6.41 Å². The standard InChI is InChI=1S/C9H10NO2/c1-8(12-10-7-11)9-5-3-2-4-6-9/h2-6,8H,1H3,(H,10,11). The van der Waals surface area contributed by atoms with E-state index in [1.54, 1.807) is 0 Å². The van der Waals surface area contributed by atoms with Crippen molar-refractivity contribution in [3.05, 3.63) is 35.9 Å². The molecule has 0 aliphatic heterocycles. The summed E-state index contributed by atoms with van der Waals surface area (Å²) in [4.78, 5) is 14.7. The quantitative estimate of drug-likeness (QED) is 0.538. The molecule has 1 aromatic carbocycles. The van der Waals surface area contributed by atoms with Crippen molar-refractivity contribution in [2.75, 3.05) is 0 Å². The normalized spacial score (nSPS) is 12.1. The summed E-state index contributed by atoms with van der Waals surface area (Å²) >= 11 is 0. The highest BCUT2D eigenvalue weighted by Crippen LogP contribution is 2.13. The molecule has 0 aromatic heterocycles. The summed E-state index contributed by atoms with van der Waals surface area (Å²) in [5.41, 5.74) is 3.06. The van der Waals surface area contributed by atoms with Crippen LogP contribution < -0.4 is 5.48 Å². The molecule has 0 aliphatic carbocycles. The van der Waals surface area contributed by atoms with Crippen LogP contribution in [0.2, 0.25) is 0 Å². The molecule has 1 rings (SSSR count). The van der Waals surface area contributed by atoms with Gasteiger partial charge in [-0.25, -0.2) is 5.48 Å². The van der Waals surface area contributed by atoms with Gasteiger partial charge < -0.3 is 0 Å². The first-order chi connectivity index (χ1) is 5.84. The first-order valence-corrected chi connectivity index (χ1v) is 3.67. The van der Waals surface area contributed by atoms with E-state index in [9.17, 15) is 4.79 Å². The van der Waals surface area contributed by atoms with Crippen LogP contribution in [0.4, 0.5) is 0 Å². The Morgan fingerprint density at radius 2 is 2.08 bits per heavy atom. The Bertz CT molecular complexity index is 236. The Hall–Kier alpha value is -1.35. The molecular formula is C9H10NO2. The van der Waals surface area contributed by atoms with Crippen molar-refractivity contribution >= 4 is 6.41 Å². The molecule has 0 spiro atoms. The number of nitrogens with one attached hydrogen (secondary N) is 1. The zero-order chi connectivity index (χ0) is 8.81. The van der Waals surface area contributed by atoms with Crippen LogP contribution >= 0.6 is 0 Å². The van der Waals surface area contributed by atoms with Crippen LogP contribution in [0.3, 0.4) is 0 Å². The molecule has 3 heteroatoms.